The van der Waals surface area contributed by atoms with Gasteiger partial charge in [-0.25, -0.2) is 0 Å². The van der Waals surface area contributed by atoms with Crippen molar-refractivity contribution in [2.45, 2.75) is 32.7 Å². The lowest BCUT2D eigenvalue weighted by Gasteiger charge is -2.26. The molecule has 136 valence electrons. The summed E-state index contributed by atoms with van der Waals surface area (Å²) in [6, 6.07) is -0.129. The highest BCUT2D eigenvalue weighted by molar-refractivity contribution is 5.89. The lowest BCUT2D eigenvalue weighted by Crippen LogP contribution is -2.34. The van der Waals surface area contributed by atoms with E-state index in [4.69, 9.17) is 5.11 Å². The number of hydrogen-bond donors (Lipinski definition) is 2. The van der Waals surface area contributed by atoms with Crippen molar-refractivity contribution in [2.24, 2.45) is 24.8 Å². The van der Waals surface area contributed by atoms with Crippen LogP contribution in [0.2, 0.25) is 0 Å². The van der Waals surface area contributed by atoms with Crippen LogP contribution in [0.5, 0.6) is 0 Å². The third-order valence-electron chi connectivity index (χ3n) is 5.54. The Morgan fingerprint density at radius 3 is 2.48 bits per heavy atom. The third kappa shape index (κ3) is 3.01. The van der Waals surface area contributed by atoms with E-state index in [0.717, 1.165) is 17.0 Å². The number of carboxylic acid groups (broad SMARTS) is 1. The number of hydrogen-bond acceptors (Lipinski definition) is 4. The van der Waals surface area contributed by atoms with Crippen LogP contribution in [0.3, 0.4) is 0 Å². The van der Waals surface area contributed by atoms with Crippen LogP contribution in [-0.2, 0) is 21.4 Å². The Morgan fingerprint density at radius 1 is 1.28 bits per heavy atom. The molecule has 0 spiro atoms. The molecule has 3 rings (SSSR count). The second-order valence-electron chi connectivity index (χ2n) is 7.15. The van der Waals surface area contributed by atoms with E-state index in [2.05, 4.69) is 10.4 Å². The zero-order valence-electron chi connectivity index (χ0n) is 14.9. The molecule has 0 bridgehead atoms. The number of nitrogens with one attached hydrogen (secondary N) is 1. The summed E-state index contributed by atoms with van der Waals surface area (Å²) >= 11 is 0. The first-order valence-corrected chi connectivity index (χ1v) is 8.48. The monoisotopic (exact) mass is 348 g/mol. The SMILES string of the molecule is Cc1nn(C)c(C)c1[C@@H]1[C@@H](CNC(=O)[C@@H]2C[C@H]2C(=O)O)CC(=O)N1C. The highest BCUT2D eigenvalue weighted by atomic mass is 16.4. The standard InChI is InChI=1S/C17H24N4O4/c1-8-14(9(2)21(4)19-8)15-10(5-13(22)20(15)3)7-18-16(23)11-6-12(11)17(24)25/h10-12,15H,5-7H2,1-4H3,(H,18,23)(H,24,25)/t10-,11-,12-,15+/m1/s1. The van der Waals surface area contributed by atoms with Crippen LogP contribution >= 0.6 is 0 Å². The molecule has 2 heterocycles. The highest BCUT2D eigenvalue weighted by Gasteiger charge is 2.49. The lowest BCUT2D eigenvalue weighted by molar-refractivity contribution is -0.140. The summed E-state index contributed by atoms with van der Waals surface area (Å²) in [6.07, 6.45) is 0.761. The van der Waals surface area contributed by atoms with Crippen molar-refractivity contribution in [1.29, 1.82) is 0 Å². The first-order valence-electron chi connectivity index (χ1n) is 8.48. The van der Waals surface area contributed by atoms with Crippen LogP contribution in [-0.4, -0.2) is 51.2 Å². The number of amides is 2. The summed E-state index contributed by atoms with van der Waals surface area (Å²) in [5.41, 5.74) is 2.93. The maximum atomic E-state index is 12.2. The second kappa shape index (κ2) is 6.16. The van der Waals surface area contributed by atoms with Crippen LogP contribution in [0.15, 0.2) is 0 Å². The lowest BCUT2D eigenvalue weighted by atomic mass is 9.92. The van der Waals surface area contributed by atoms with Gasteiger partial charge in [-0.15, -0.1) is 0 Å². The van der Waals surface area contributed by atoms with Gasteiger partial charge in [-0.2, -0.15) is 5.10 Å². The number of rotatable bonds is 5. The maximum absolute atomic E-state index is 12.2. The number of carbonyl (C=O) groups excluding carboxylic acids is 2. The summed E-state index contributed by atoms with van der Waals surface area (Å²) in [7, 11) is 3.65. The largest absolute Gasteiger partial charge is 0.481 e. The van der Waals surface area contributed by atoms with E-state index in [1.54, 1.807) is 16.6 Å². The van der Waals surface area contributed by atoms with E-state index in [9.17, 15) is 14.4 Å². The van der Waals surface area contributed by atoms with E-state index >= 15 is 0 Å². The molecule has 2 N–H and O–H groups in total. The number of aromatic nitrogens is 2. The zero-order chi connectivity index (χ0) is 18.5. The smallest absolute Gasteiger partial charge is 0.307 e. The molecule has 2 fully saturated rings. The van der Waals surface area contributed by atoms with Gasteiger partial charge in [0.1, 0.15) is 0 Å². The van der Waals surface area contributed by atoms with Gasteiger partial charge < -0.3 is 15.3 Å². The van der Waals surface area contributed by atoms with Crippen molar-refractivity contribution in [1.82, 2.24) is 20.0 Å². The van der Waals surface area contributed by atoms with Gasteiger partial charge in [0.2, 0.25) is 11.8 Å². The molecule has 1 saturated carbocycles. The number of aliphatic carboxylic acids is 1. The minimum absolute atomic E-state index is 0.0433. The molecule has 0 radical (unpaired) electrons. The van der Waals surface area contributed by atoms with Crippen molar-refractivity contribution in [3.8, 4) is 0 Å². The van der Waals surface area contributed by atoms with Gasteiger partial charge in [0.15, 0.2) is 0 Å². The second-order valence-corrected chi connectivity index (χ2v) is 7.15. The molecule has 2 amide bonds. The zero-order valence-corrected chi connectivity index (χ0v) is 14.9. The van der Waals surface area contributed by atoms with Gasteiger partial charge in [-0.1, -0.05) is 0 Å². The van der Waals surface area contributed by atoms with Crippen LogP contribution in [0, 0.1) is 31.6 Å². The Balaban J connectivity index is 1.72. The highest BCUT2D eigenvalue weighted by Crippen LogP contribution is 2.41. The molecule has 1 aromatic heterocycles. The summed E-state index contributed by atoms with van der Waals surface area (Å²) in [4.78, 5) is 37.0. The number of nitrogens with zero attached hydrogens (tertiary/aromatic N) is 3. The van der Waals surface area contributed by atoms with E-state index in [1.165, 1.54) is 0 Å². The maximum Gasteiger partial charge on any atom is 0.307 e. The van der Waals surface area contributed by atoms with Crippen molar-refractivity contribution >= 4 is 17.8 Å². The molecular weight excluding hydrogens is 324 g/mol. The minimum Gasteiger partial charge on any atom is -0.481 e. The minimum atomic E-state index is -0.921. The number of carboxylic acids is 1. The normalized spacial score (nSPS) is 28.3. The number of carbonyl (C=O) groups is 3. The van der Waals surface area contributed by atoms with Crippen molar-refractivity contribution in [3.63, 3.8) is 0 Å². The van der Waals surface area contributed by atoms with Crippen molar-refractivity contribution in [2.75, 3.05) is 13.6 Å². The summed E-state index contributed by atoms with van der Waals surface area (Å²) in [6.45, 7) is 4.26. The fraction of sp³-hybridized carbons (Fsp3) is 0.647. The Morgan fingerprint density at radius 2 is 1.96 bits per heavy atom. The Kier molecular flexibility index (Phi) is 4.30. The molecular formula is C17H24N4O4. The van der Waals surface area contributed by atoms with E-state index in [0.29, 0.717) is 19.4 Å². The molecule has 8 nitrogen and oxygen atoms in total. The quantitative estimate of drug-likeness (QED) is 0.801. The Bertz CT molecular complexity index is 741. The fourth-order valence-electron chi connectivity index (χ4n) is 3.90. The third-order valence-corrected chi connectivity index (χ3v) is 5.54. The van der Waals surface area contributed by atoms with Gasteiger partial charge in [0.05, 0.1) is 23.6 Å². The Hall–Kier alpha value is -2.38. The summed E-state index contributed by atoms with van der Waals surface area (Å²) in [5.74, 6) is -2.16. The molecule has 2 aliphatic rings. The van der Waals surface area contributed by atoms with E-state index in [-0.39, 0.29) is 23.8 Å². The summed E-state index contributed by atoms with van der Waals surface area (Å²) in [5, 5.41) is 16.2. The fourth-order valence-corrected chi connectivity index (χ4v) is 3.90. The van der Waals surface area contributed by atoms with Gasteiger partial charge in [-0.3, -0.25) is 19.1 Å². The molecule has 25 heavy (non-hydrogen) atoms. The van der Waals surface area contributed by atoms with Gasteiger partial charge >= 0.3 is 5.97 Å². The van der Waals surface area contributed by atoms with Gasteiger partial charge in [-0.05, 0) is 20.3 Å². The van der Waals surface area contributed by atoms with Gasteiger partial charge in [0, 0.05) is 44.2 Å². The molecule has 1 aliphatic heterocycles. The van der Waals surface area contributed by atoms with Crippen LogP contribution in [0.4, 0.5) is 0 Å². The van der Waals surface area contributed by atoms with Crippen molar-refractivity contribution < 1.29 is 19.5 Å². The van der Waals surface area contributed by atoms with Crippen LogP contribution in [0.25, 0.3) is 0 Å². The Labute approximate surface area is 146 Å². The first-order chi connectivity index (χ1) is 11.7. The predicted octanol–water partition coefficient (Wildman–Crippen LogP) is 0.393. The molecule has 0 unspecified atom stereocenters. The average molecular weight is 348 g/mol. The van der Waals surface area contributed by atoms with Gasteiger partial charge in [0.25, 0.3) is 0 Å². The number of aryl methyl sites for hydroxylation is 2. The van der Waals surface area contributed by atoms with E-state index in [1.807, 2.05) is 20.9 Å². The molecule has 8 heteroatoms. The average Bonchev–Trinajstić information content (AvgIpc) is 3.25. The van der Waals surface area contributed by atoms with Crippen molar-refractivity contribution in [3.05, 3.63) is 17.0 Å². The molecule has 0 aromatic carbocycles. The predicted molar refractivity (Wildman–Crippen MR) is 88.5 cm³/mol. The molecule has 1 aromatic rings. The molecule has 4 atom stereocenters. The van der Waals surface area contributed by atoms with Crippen LogP contribution < -0.4 is 5.32 Å². The topological polar surface area (TPSA) is 105 Å². The first kappa shape index (κ1) is 17.4. The summed E-state index contributed by atoms with van der Waals surface area (Å²) < 4.78 is 1.80. The number of likely N-dealkylation sites (tertiary alicyclic amines) is 1. The van der Waals surface area contributed by atoms with Crippen LogP contribution in [0.1, 0.15) is 35.8 Å². The molecule has 1 aliphatic carbocycles. The van der Waals surface area contributed by atoms with E-state index < -0.39 is 17.8 Å². The molecule has 1 saturated heterocycles.